The smallest absolute Gasteiger partial charge is 0.263 e. The second-order valence-electron chi connectivity index (χ2n) is 5.29. The molecule has 8 heteroatoms. The average Bonchev–Trinajstić information content (AvgIpc) is 3.22. The van der Waals surface area contributed by atoms with Gasteiger partial charge in [-0.05, 0) is 24.3 Å². The molecule has 0 saturated heterocycles. The maximum Gasteiger partial charge on any atom is 0.263 e. The Morgan fingerprint density at radius 3 is 2.92 bits per heavy atom. The summed E-state index contributed by atoms with van der Waals surface area (Å²) in [5.41, 5.74) is 1.43. The van der Waals surface area contributed by atoms with Crippen molar-refractivity contribution in [1.29, 1.82) is 0 Å². The van der Waals surface area contributed by atoms with Gasteiger partial charge in [-0.15, -0.1) is 0 Å². The van der Waals surface area contributed by atoms with Gasteiger partial charge >= 0.3 is 0 Å². The molecule has 1 N–H and O–H groups in total. The number of ether oxygens (including phenoxy) is 1. The van der Waals surface area contributed by atoms with Gasteiger partial charge in [-0.3, -0.25) is 9.48 Å². The van der Waals surface area contributed by atoms with E-state index in [4.69, 9.17) is 9.26 Å². The number of hydrogen-bond donors (Lipinski definition) is 1. The highest BCUT2D eigenvalue weighted by Gasteiger charge is 2.15. The number of benzene rings is 1. The summed E-state index contributed by atoms with van der Waals surface area (Å²) in [5.74, 6) is 1.23. The molecule has 0 bridgehead atoms. The lowest BCUT2D eigenvalue weighted by atomic mass is 10.1. The van der Waals surface area contributed by atoms with Gasteiger partial charge in [-0.25, -0.2) is 0 Å². The van der Waals surface area contributed by atoms with Gasteiger partial charge < -0.3 is 14.2 Å². The van der Waals surface area contributed by atoms with Crippen LogP contribution in [0.1, 0.15) is 0 Å². The molecule has 4 aromatic rings. The van der Waals surface area contributed by atoms with E-state index in [0.29, 0.717) is 28.2 Å². The number of hydrogen-bond acceptors (Lipinski definition) is 6. The normalized spacial score (nSPS) is 11.1. The molecule has 1 aromatic carbocycles. The molecule has 4 rings (SSSR count). The highest BCUT2D eigenvalue weighted by atomic mass is 16.5. The fourth-order valence-electron chi connectivity index (χ4n) is 2.46. The number of fused-ring (bicyclic) bond motifs is 1. The summed E-state index contributed by atoms with van der Waals surface area (Å²) in [6, 6.07) is 7.10. The lowest BCUT2D eigenvalue weighted by Crippen LogP contribution is -2.08. The zero-order valence-electron chi connectivity index (χ0n) is 13.0. The van der Waals surface area contributed by atoms with Crippen LogP contribution < -0.4 is 10.3 Å². The first-order chi connectivity index (χ1) is 11.6. The van der Waals surface area contributed by atoms with E-state index in [9.17, 15) is 4.79 Å². The maximum absolute atomic E-state index is 12.3. The number of aromatic nitrogens is 5. The SMILES string of the molecule is COc1ccc2[nH]c(=O)c(-c3nc(-c4cnn(C)c4)no3)cc2c1. The number of nitrogens with one attached hydrogen (secondary N) is 1. The molecule has 0 amide bonds. The second kappa shape index (κ2) is 5.34. The molecule has 8 nitrogen and oxygen atoms in total. The number of pyridine rings is 1. The fourth-order valence-corrected chi connectivity index (χ4v) is 2.46. The largest absolute Gasteiger partial charge is 0.497 e. The third kappa shape index (κ3) is 2.34. The molecule has 0 fully saturated rings. The fraction of sp³-hybridized carbons (Fsp3) is 0.125. The number of aryl methyl sites for hydroxylation is 1. The van der Waals surface area contributed by atoms with Crippen molar-refractivity contribution in [3.8, 4) is 28.6 Å². The Balaban J connectivity index is 1.82. The van der Waals surface area contributed by atoms with Crippen LogP contribution >= 0.6 is 0 Å². The molecule has 24 heavy (non-hydrogen) atoms. The first-order valence-electron chi connectivity index (χ1n) is 7.18. The molecule has 0 radical (unpaired) electrons. The van der Waals surface area contributed by atoms with E-state index in [1.807, 2.05) is 6.07 Å². The molecule has 0 aliphatic carbocycles. The van der Waals surface area contributed by atoms with Crippen molar-refractivity contribution in [2.75, 3.05) is 7.11 Å². The number of rotatable bonds is 3. The zero-order chi connectivity index (χ0) is 16.7. The predicted molar refractivity (Wildman–Crippen MR) is 86.6 cm³/mol. The standard InChI is InChI=1S/C16H13N5O3/c1-21-8-10(7-17-21)14-19-16(24-20-14)12-6-9-5-11(23-2)3-4-13(9)18-15(12)22/h3-8H,1-2H3,(H,18,22). The zero-order valence-corrected chi connectivity index (χ0v) is 13.0. The second-order valence-corrected chi connectivity index (χ2v) is 5.29. The van der Waals surface area contributed by atoms with Gasteiger partial charge in [-0.2, -0.15) is 10.1 Å². The molecule has 0 aliphatic rings. The van der Waals surface area contributed by atoms with Crippen LogP contribution in [-0.2, 0) is 7.05 Å². The average molecular weight is 323 g/mol. The van der Waals surface area contributed by atoms with Crippen LogP contribution in [0.4, 0.5) is 0 Å². The quantitative estimate of drug-likeness (QED) is 0.619. The van der Waals surface area contributed by atoms with Crippen molar-refractivity contribution in [3.63, 3.8) is 0 Å². The van der Waals surface area contributed by atoms with Gasteiger partial charge in [-0.1, -0.05) is 5.16 Å². The van der Waals surface area contributed by atoms with E-state index >= 15 is 0 Å². The van der Waals surface area contributed by atoms with Gasteiger partial charge in [0.1, 0.15) is 11.3 Å². The lowest BCUT2D eigenvalue weighted by molar-refractivity contribution is 0.415. The Kier molecular flexibility index (Phi) is 3.16. The Morgan fingerprint density at radius 2 is 2.17 bits per heavy atom. The summed E-state index contributed by atoms with van der Waals surface area (Å²) in [6.07, 6.45) is 3.40. The van der Waals surface area contributed by atoms with Crippen molar-refractivity contribution < 1.29 is 9.26 Å². The van der Waals surface area contributed by atoms with E-state index in [2.05, 4.69) is 20.2 Å². The Hall–Kier alpha value is -3.42. The van der Waals surface area contributed by atoms with Crippen LogP contribution in [0, 0.1) is 0 Å². The maximum atomic E-state index is 12.3. The van der Waals surface area contributed by atoms with Crippen molar-refractivity contribution in [1.82, 2.24) is 24.9 Å². The van der Waals surface area contributed by atoms with Gasteiger partial charge in [0.2, 0.25) is 5.82 Å². The molecule has 3 aromatic heterocycles. The molecule has 0 unspecified atom stereocenters. The molecule has 0 atom stereocenters. The first-order valence-corrected chi connectivity index (χ1v) is 7.18. The summed E-state index contributed by atoms with van der Waals surface area (Å²) in [5, 5.41) is 8.79. The van der Waals surface area contributed by atoms with Crippen molar-refractivity contribution >= 4 is 10.9 Å². The molecular weight excluding hydrogens is 310 g/mol. The minimum atomic E-state index is -0.297. The van der Waals surface area contributed by atoms with Crippen LogP contribution in [0.15, 0.2) is 46.0 Å². The summed E-state index contributed by atoms with van der Waals surface area (Å²) in [4.78, 5) is 19.4. The van der Waals surface area contributed by atoms with Crippen molar-refractivity contribution in [2.24, 2.45) is 7.05 Å². The summed E-state index contributed by atoms with van der Waals surface area (Å²) in [7, 11) is 3.39. The van der Waals surface area contributed by atoms with Crippen LogP contribution in [0.5, 0.6) is 5.75 Å². The van der Waals surface area contributed by atoms with Crippen molar-refractivity contribution in [2.45, 2.75) is 0 Å². The van der Waals surface area contributed by atoms with E-state index < -0.39 is 0 Å². The summed E-state index contributed by atoms with van der Waals surface area (Å²) < 4.78 is 12.1. The van der Waals surface area contributed by atoms with E-state index in [-0.39, 0.29) is 11.4 Å². The van der Waals surface area contributed by atoms with Crippen molar-refractivity contribution in [3.05, 3.63) is 47.0 Å². The minimum absolute atomic E-state index is 0.153. The highest BCUT2D eigenvalue weighted by Crippen LogP contribution is 2.24. The lowest BCUT2D eigenvalue weighted by Gasteiger charge is -2.03. The third-order valence-corrected chi connectivity index (χ3v) is 3.67. The predicted octanol–water partition coefficient (Wildman–Crippen LogP) is 1.99. The topological polar surface area (TPSA) is 98.8 Å². The monoisotopic (exact) mass is 323 g/mol. The summed E-state index contributed by atoms with van der Waals surface area (Å²) >= 11 is 0. The van der Waals surface area contributed by atoms with Gasteiger partial charge in [0.25, 0.3) is 11.4 Å². The van der Waals surface area contributed by atoms with Crippen LogP contribution in [0.25, 0.3) is 33.7 Å². The third-order valence-electron chi connectivity index (χ3n) is 3.67. The van der Waals surface area contributed by atoms with Crippen LogP contribution in [-0.4, -0.2) is 32.0 Å². The molecule has 0 aliphatic heterocycles. The molecule has 0 spiro atoms. The van der Waals surface area contributed by atoms with Gasteiger partial charge in [0.15, 0.2) is 0 Å². The minimum Gasteiger partial charge on any atom is -0.497 e. The van der Waals surface area contributed by atoms with Crippen LogP contribution in [0.2, 0.25) is 0 Å². The van der Waals surface area contributed by atoms with E-state index in [1.165, 1.54) is 0 Å². The molecule has 120 valence electrons. The number of H-pyrrole nitrogens is 1. The van der Waals surface area contributed by atoms with Gasteiger partial charge in [0.05, 0.1) is 18.9 Å². The molecular formula is C16H13N5O3. The number of nitrogens with zero attached hydrogens (tertiary/aromatic N) is 4. The highest BCUT2D eigenvalue weighted by molar-refractivity contribution is 5.83. The van der Waals surface area contributed by atoms with E-state index in [1.54, 1.807) is 49.4 Å². The van der Waals surface area contributed by atoms with Crippen LogP contribution in [0.3, 0.4) is 0 Å². The molecule has 0 saturated carbocycles. The Morgan fingerprint density at radius 1 is 1.29 bits per heavy atom. The molecule has 3 heterocycles. The first kappa shape index (κ1) is 14.2. The Labute approximate surface area is 135 Å². The summed E-state index contributed by atoms with van der Waals surface area (Å²) in [6.45, 7) is 0. The van der Waals surface area contributed by atoms with E-state index in [0.717, 1.165) is 5.39 Å². The Bertz CT molecular complexity index is 1090. The van der Waals surface area contributed by atoms with Gasteiger partial charge in [0, 0.05) is 24.1 Å². The number of methoxy groups -OCH3 is 1. The number of aromatic amines is 1.